The molecule has 0 atom stereocenters. The van der Waals surface area contributed by atoms with E-state index in [0.717, 1.165) is 11.1 Å². The minimum absolute atomic E-state index is 0.0242. The Labute approximate surface area is 146 Å². The minimum atomic E-state index is -0.253. The van der Waals surface area contributed by atoms with Crippen LogP contribution in [0.25, 0.3) is 0 Å². The van der Waals surface area contributed by atoms with Gasteiger partial charge in [0.25, 0.3) is 0 Å². The first-order valence-electron chi connectivity index (χ1n) is 8.25. The predicted octanol–water partition coefficient (Wildman–Crippen LogP) is 3.03. The highest BCUT2D eigenvalue weighted by atomic mass is 19.1. The van der Waals surface area contributed by atoms with Crippen LogP contribution in [0.4, 0.5) is 4.39 Å². The van der Waals surface area contributed by atoms with Gasteiger partial charge >= 0.3 is 0 Å². The lowest BCUT2D eigenvalue weighted by Gasteiger charge is -2.18. The lowest BCUT2D eigenvalue weighted by atomic mass is 9.99. The van der Waals surface area contributed by atoms with Gasteiger partial charge in [0.2, 0.25) is 0 Å². The Kier molecular flexibility index (Phi) is 5.24. The molecule has 5 heteroatoms. The van der Waals surface area contributed by atoms with Gasteiger partial charge in [0.05, 0.1) is 0 Å². The largest absolute Gasteiger partial charge is 0.486 e. The summed E-state index contributed by atoms with van der Waals surface area (Å²) >= 11 is 0. The van der Waals surface area contributed by atoms with Gasteiger partial charge in [0.1, 0.15) is 18.2 Å². The second-order valence-corrected chi connectivity index (χ2v) is 6.36. The highest BCUT2D eigenvalue weighted by Crippen LogP contribution is 2.25. The van der Waals surface area contributed by atoms with E-state index in [0.29, 0.717) is 37.2 Å². The summed E-state index contributed by atoms with van der Waals surface area (Å²) in [4.78, 5) is 25.9. The number of benzene rings is 2. The molecule has 0 N–H and O–H groups in total. The Morgan fingerprint density at radius 3 is 2.72 bits per heavy atom. The first kappa shape index (κ1) is 17.3. The third kappa shape index (κ3) is 4.51. The topological polar surface area (TPSA) is 46.6 Å². The number of carbonyl (C=O) groups excluding carboxylic acids is 2. The molecule has 0 aromatic heterocycles. The van der Waals surface area contributed by atoms with Crippen molar-refractivity contribution in [2.45, 2.75) is 19.4 Å². The molecule has 130 valence electrons. The summed E-state index contributed by atoms with van der Waals surface area (Å²) in [5.41, 5.74) is 2.38. The number of ketones is 2. The highest BCUT2D eigenvalue weighted by Gasteiger charge is 2.18. The Hall–Kier alpha value is -2.53. The van der Waals surface area contributed by atoms with Crippen LogP contribution in [-0.2, 0) is 17.8 Å². The van der Waals surface area contributed by atoms with Gasteiger partial charge in [0, 0.05) is 37.1 Å². The number of hydrogen-bond donors (Lipinski definition) is 0. The van der Waals surface area contributed by atoms with Gasteiger partial charge in [-0.25, -0.2) is 4.39 Å². The van der Waals surface area contributed by atoms with Crippen molar-refractivity contribution < 1.29 is 18.7 Å². The van der Waals surface area contributed by atoms with Crippen molar-refractivity contribution >= 4 is 11.6 Å². The molecule has 2 aromatic rings. The molecule has 0 amide bonds. The van der Waals surface area contributed by atoms with Crippen molar-refractivity contribution in [3.63, 3.8) is 0 Å². The number of carbonyl (C=O) groups is 2. The molecule has 4 nitrogen and oxygen atoms in total. The number of nitrogens with zero attached hydrogens (tertiary/aromatic N) is 1. The zero-order chi connectivity index (χ0) is 17.8. The van der Waals surface area contributed by atoms with Gasteiger partial charge in [-0.15, -0.1) is 0 Å². The van der Waals surface area contributed by atoms with E-state index in [1.807, 2.05) is 11.9 Å². The molecular weight excluding hydrogens is 321 g/mol. The molecule has 0 saturated carbocycles. The molecule has 0 fully saturated rings. The quantitative estimate of drug-likeness (QED) is 0.758. The van der Waals surface area contributed by atoms with Gasteiger partial charge in [-0.3, -0.25) is 9.59 Å². The normalized spacial score (nSPS) is 13.5. The summed E-state index contributed by atoms with van der Waals surface area (Å²) < 4.78 is 18.3. The van der Waals surface area contributed by atoms with Crippen LogP contribution in [0, 0.1) is 5.82 Å². The Bertz CT molecular complexity index is 786. The number of halogens is 1. The Morgan fingerprint density at radius 2 is 1.96 bits per heavy atom. The number of ether oxygens (including phenoxy) is 1. The summed E-state index contributed by atoms with van der Waals surface area (Å²) in [5.74, 6) is 0.490. The standard InChI is InChI=1S/C20H20FNO3/c1-22(12-14-2-5-17(21)6-3-14)9-8-19(24)15-4-7-20-16(10-15)11-18(23)13-25-20/h2-7,10H,8-9,11-13H2,1H3. The summed E-state index contributed by atoms with van der Waals surface area (Å²) in [7, 11) is 1.93. The van der Waals surface area contributed by atoms with E-state index in [2.05, 4.69) is 0 Å². The average molecular weight is 341 g/mol. The smallest absolute Gasteiger partial charge is 0.174 e. The molecule has 0 bridgehead atoms. The summed E-state index contributed by atoms with van der Waals surface area (Å²) in [6.45, 7) is 1.36. The van der Waals surface area contributed by atoms with Gasteiger partial charge < -0.3 is 9.64 Å². The molecule has 1 aliphatic heterocycles. The van der Waals surface area contributed by atoms with Crippen molar-refractivity contribution in [2.75, 3.05) is 20.2 Å². The van der Waals surface area contributed by atoms with Crippen molar-refractivity contribution in [1.82, 2.24) is 4.90 Å². The molecule has 1 heterocycles. The number of hydrogen-bond acceptors (Lipinski definition) is 4. The Balaban J connectivity index is 1.56. The third-order valence-electron chi connectivity index (χ3n) is 4.25. The lowest BCUT2D eigenvalue weighted by Crippen LogP contribution is -2.22. The van der Waals surface area contributed by atoms with Gasteiger partial charge in [0.15, 0.2) is 11.6 Å². The van der Waals surface area contributed by atoms with Crippen LogP contribution in [0.3, 0.4) is 0 Å². The van der Waals surface area contributed by atoms with Crippen LogP contribution in [0.2, 0.25) is 0 Å². The van der Waals surface area contributed by atoms with Gasteiger partial charge in [-0.2, -0.15) is 0 Å². The molecule has 1 aliphatic rings. The first-order valence-corrected chi connectivity index (χ1v) is 8.25. The SMILES string of the molecule is CN(CCC(=O)c1ccc2c(c1)CC(=O)CO2)Cc1ccc(F)cc1. The van der Waals surface area contributed by atoms with Crippen molar-refractivity contribution in [3.05, 3.63) is 65.0 Å². The number of fused-ring (bicyclic) bond motifs is 1. The zero-order valence-electron chi connectivity index (χ0n) is 14.1. The van der Waals surface area contributed by atoms with Gasteiger partial charge in [-0.1, -0.05) is 12.1 Å². The molecular formula is C20H20FNO3. The van der Waals surface area contributed by atoms with E-state index < -0.39 is 0 Å². The van der Waals surface area contributed by atoms with E-state index >= 15 is 0 Å². The van der Waals surface area contributed by atoms with E-state index in [4.69, 9.17) is 4.74 Å². The van der Waals surface area contributed by atoms with Crippen molar-refractivity contribution in [1.29, 1.82) is 0 Å². The highest BCUT2D eigenvalue weighted by molar-refractivity contribution is 5.97. The molecule has 0 spiro atoms. The van der Waals surface area contributed by atoms with Crippen LogP contribution < -0.4 is 4.74 Å². The van der Waals surface area contributed by atoms with E-state index in [1.54, 1.807) is 30.3 Å². The zero-order valence-corrected chi connectivity index (χ0v) is 14.1. The maximum Gasteiger partial charge on any atom is 0.174 e. The monoisotopic (exact) mass is 341 g/mol. The molecule has 3 rings (SSSR count). The van der Waals surface area contributed by atoms with Crippen molar-refractivity contribution in [3.8, 4) is 5.75 Å². The average Bonchev–Trinajstić information content (AvgIpc) is 2.61. The minimum Gasteiger partial charge on any atom is -0.486 e. The third-order valence-corrected chi connectivity index (χ3v) is 4.25. The fourth-order valence-electron chi connectivity index (χ4n) is 2.87. The molecule has 2 aromatic carbocycles. The fraction of sp³-hybridized carbons (Fsp3) is 0.300. The maximum absolute atomic E-state index is 12.9. The van der Waals surface area contributed by atoms with E-state index in [-0.39, 0.29) is 24.0 Å². The second-order valence-electron chi connectivity index (χ2n) is 6.36. The van der Waals surface area contributed by atoms with Crippen LogP contribution >= 0.6 is 0 Å². The number of rotatable bonds is 6. The summed E-state index contributed by atoms with van der Waals surface area (Å²) in [6.07, 6.45) is 0.701. The van der Waals surface area contributed by atoms with Gasteiger partial charge in [-0.05, 0) is 42.9 Å². The maximum atomic E-state index is 12.9. The van der Waals surface area contributed by atoms with Crippen molar-refractivity contribution in [2.24, 2.45) is 0 Å². The van der Waals surface area contributed by atoms with Crippen LogP contribution in [-0.4, -0.2) is 36.7 Å². The lowest BCUT2D eigenvalue weighted by molar-refractivity contribution is -0.121. The second kappa shape index (κ2) is 7.57. The molecule has 0 saturated heterocycles. The Morgan fingerprint density at radius 1 is 1.20 bits per heavy atom. The summed E-state index contributed by atoms with van der Waals surface area (Å²) in [6, 6.07) is 11.6. The van der Waals surface area contributed by atoms with Crippen LogP contribution in [0.5, 0.6) is 5.75 Å². The van der Waals surface area contributed by atoms with Crippen LogP contribution in [0.1, 0.15) is 27.9 Å². The van der Waals surface area contributed by atoms with Crippen LogP contribution in [0.15, 0.2) is 42.5 Å². The predicted molar refractivity (Wildman–Crippen MR) is 92.3 cm³/mol. The molecule has 0 aliphatic carbocycles. The van der Waals surface area contributed by atoms with E-state index in [1.165, 1.54) is 12.1 Å². The molecule has 0 unspecified atom stereocenters. The van der Waals surface area contributed by atoms with E-state index in [9.17, 15) is 14.0 Å². The number of Topliss-reactive ketones (excluding diaryl/α,β-unsaturated/α-hetero) is 2. The first-order chi connectivity index (χ1) is 12.0. The summed E-state index contributed by atoms with van der Waals surface area (Å²) in [5, 5.41) is 0. The fourth-order valence-corrected chi connectivity index (χ4v) is 2.87. The molecule has 0 radical (unpaired) electrons. The molecule has 25 heavy (non-hydrogen) atoms.